The zero-order chi connectivity index (χ0) is 11.6. The van der Waals surface area contributed by atoms with Gasteiger partial charge in [-0.15, -0.1) is 0 Å². The zero-order valence-corrected chi connectivity index (χ0v) is 8.56. The lowest BCUT2D eigenvalue weighted by Gasteiger charge is -2.37. The summed E-state index contributed by atoms with van der Waals surface area (Å²) >= 11 is 0. The number of amides is 1. The van der Waals surface area contributed by atoms with Gasteiger partial charge in [0.05, 0.1) is 11.6 Å². The number of aromatic nitrogens is 3. The fourth-order valence-electron chi connectivity index (χ4n) is 1.72. The lowest BCUT2D eigenvalue weighted by atomic mass is 9.69. The van der Waals surface area contributed by atoms with Gasteiger partial charge in [-0.05, 0) is 12.8 Å². The summed E-state index contributed by atoms with van der Waals surface area (Å²) in [6.07, 6.45) is 3.42. The van der Waals surface area contributed by atoms with Gasteiger partial charge in [0.25, 0.3) is 5.91 Å². The zero-order valence-electron chi connectivity index (χ0n) is 8.56. The average molecular weight is 224 g/mol. The van der Waals surface area contributed by atoms with Crippen molar-refractivity contribution in [1.82, 2.24) is 20.7 Å². The molecule has 1 heterocycles. The van der Waals surface area contributed by atoms with Crippen molar-refractivity contribution >= 4 is 11.9 Å². The molecule has 0 aliphatic heterocycles. The highest BCUT2D eigenvalue weighted by Gasteiger charge is 2.44. The summed E-state index contributed by atoms with van der Waals surface area (Å²) in [6.45, 7) is 0.147. The Bertz CT molecular complexity index is 397. The summed E-state index contributed by atoms with van der Waals surface area (Å²) in [5, 5.41) is 21.0. The number of rotatable bonds is 4. The van der Waals surface area contributed by atoms with E-state index in [0.717, 1.165) is 6.42 Å². The van der Waals surface area contributed by atoms with Crippen molar-refractivity contribution in [2.45, 2.75) is 19.3 Å². The first kappa shape index (κ1) is 10.6. The van der Waals surface area contributed by atoms with E-state index in [1.807, 2.05) is 0 Å². The van der Waals surface area contributed by atoms with Crippen molar-refractivity contribution < 1.29 is 14.7 Å². The number of carbonyl (C=O) groups excluding carboxylic acids is 1. The molecule has 1 aromatic rings. The first-order valence-electron chi connectivity index (χ1n) is 5.01. The van der Waals surface area contributed by atoms with Crippen molar-refractivity contribution in [3.05, 3.63) is 11.9 Å². The normalized spacial score (nSPS) is 17.5. The number of H-pyrrole nitrogens is 1. The summed E-state index contributed by atoms with van der Waals surface area (Å²) in [7, 11) is 0. The van der Waals surface area contributed by atoms with E-state index < -0.39 is 17.3 Å². The molecule has 0 bridgehead atoms. The van der Waals surface area contributed by atoms with Crippen LogP contribution < -0.4 is 5.32 Å². The van der Waals surface area contributed by atoms with E-state index in [2.05, 4.69) is 20.7 Å². The van der Waals surface area contributed by atoms with Crippen molar-refractivity contribution in [3.8, 4) is 0 Å². The second-order valence-corrected chi connectivity index (χ2v) is 3.98. The Morgan fingerprint density at radius 1 is 1.56 bits per heavy atom. The molecule has 1 saturated carbocycles. The van der Waals surface area contributed by atoms with Gasteiger partial charge in [-0.3, -0.25) is 9.59 Å². The molecule has 1 aliphatic carbocycles. The van der Waals surface area contributed by atoms with Gasteiger partial charge in [0.2, 0.25) is 0 Å². The molecular formula is C9H12N4O3. The third-order valence-electron chi connectivity index (χ3n) is 3.00. The number of aromatic amines is 1. The lowest BCUT2D eigenvalue weighted by Crippen LogP contribution is -2.47. The van der Waals surface area contributed by atoms with E-state index >= 15 is 0 Å². The molecule has 2 rings (SSSR count). The molecule has 0 spiro atoms. The van der Waals surface area contributed by atoms with Gasteiger partial charge in [0, 0.05) is 6.54 Å². The number of hydrogen-bond acceptors (Lipinski definition) is 4. The Balaban J connectivity index is 1.92. The number of carboxylic acid groups (broad SMARTS) is 1. The van der Waals surface area contributed by atoms with Gasteiger partial charge in [-0.1, -0.05) is 6.42 Å². The summed E-state index contributed by atoms with van der Waals surface area (Å²) in [5.74, 6) is -1.25. The monoisotopic (exact) mass is 224 g/mol. The van der Waals surface area contributed by atoms with Gasteiger partial charge < -0.3 is 10.4 Å². The van der Waals surface area contributed by atoms with E-state index in [1.54, 1.807) is 0 Å². The highest BCUT2D eigenvalue weighted by molar-refractivity contribution is 5.92. The number of nitrogens with one attached hydrogen (secondary N) is 2. The number of carboxylic acids is 1. The first-order chi connectivity index (χ1) is 7.64. The standard InChI is InChI=1S/C9H12N4O3/c14-7(6-4-11-13-12-6)10-5-9(8(15)16)2-1-3-9/h4H,1-3,5H2,(H,10,14)(H,15,16)(H,11,12,13). The molecule has 0 saturated heterocycles. The highest BCUT2D eigenvalue weighted by atomic mass is 16.4. The van der Waals surface area contributed by atoms with Gasteiger partial charge in [0.15, 0.2) is 5.69 Å². The fraction of sp³-hybridized carbons (Fsp3) is 0.556. The van der Waals surface area contributed by atoms with Crippen LogP contribution in [-0.2, 0) is 4.79 Å². The van der Waals surface area contributed by atoms with E-state index in [4.69, 9.17) is 5.11 Å². The third-order valence-corrected chi connectivity index (χ3v) is 3.00. The number of nitrogens with zero attached hydrogens (tertiary/aromatic N) is 2. The molecule has 0 radical (unpaired) electrons. The van der Waals surface area contributed by atoms with Crippen LogP contribution in [0.15, 0.2) is 6.20 Å². The van der Waals surface area contributed by atoms with Crippen LogP contribution >= 0.6 is 0 Å². The van der Waals surface area contributed by atoms with Crippen LogP contribution in [0.1, 0.15) is 29.8 Å². The van der Waals surface area contributed by atoms with Crippen LogP contribution in [0.2, 0.25) is 0 Å². The molecule has 1 fully saturated rings. The Morgan fingerprint density at radius 3 is 2.75 bits per heavy atom. The Kier molecular flexibility index (Phi) is 2.59. The summed E-state index contributed by atoms with van der Waals surface area (Å²) in [5.41, 5.74) is -0.612. The predicted octanol–water partition coefficient (Wildman–Crippen LogP) is -0.211. The highest BCUT2D eigenvalue weighted by Crippen LogP contribution is 2.40. The molecule has 16 heavy (non-hydrogen) atoms. The van der Waals surface area contributed by atoms with E-state index in [1.165, 1.54) is 6.20 Å². The number of carbonyl (C=O) groups is 2. The van der Waals surface area contributed by atoms with Crippen LogP contribution in [0.4, 0.5) is 0 Å². The van der Waals surface area contributed by atoms with Gasteiger partial charge >= 0.3 is 5.97 Å². The molecule has 0 atom stereocenters. The molecular weight excluding hydrogens is 212 g/mol. The largest absolute Gasteiger partial charge is 0.481 e. The first-order valence-corrected chi connectivity index (χ1v) is 5.01. The molecule has 7 heteroatoms. The van der Waals surface area contributed by atoms with Crippen molar-refractivity contribution in [3.63, 3.8) is 0 Å². The maximum atomic E-state index is 11.5. The number of aliphatic carboxylic acids is 1. The lowest BCUT2D eigenvalue weighted by molar-refractivity contribution is -0.153. The smallest absolute Gasteiger partial charge is 0.311 e. The fourth-order valence-corrected chi connectivity index (χ4v) is 1.72. The molecule has 7 nitrogen and oxygen atoms in total. The van der Waals surface area contributed by atoms with Crippen LogP contribution in [-0.4, -0.2) is 38.9 Å². The molecule has 0 unspecified atom stereocenters. The van der Waals surface area contributed by atoms with Crippen LogP contribution in [0, 0.1) is 5.41 Å². The second-order valence-electron chi connectivity index (χ2n) is 3.98. The minimum absolute atomic E-state index is 0.147. The average Bonchev–Trinajstić information content (AvgIpc) is 2.67. The van der Waals surface area contributed by atoms with Crippen molar-refractivity contribution in [1.29, 1.82) is 0 Å². The molecule has 3 N–H and O–H groups in total. The van der Waals surface area contributed by atoms with Crippen molar-refractivity contribution in [2.75, 3.05) is 6.54 Å². The van der Waals surface area contributed by atoms with E-state index in [9.17, 15) is 9.59 Å². The van der Waals surface area contributed by atoms with Gasteiger partial charge in [0.1, 0.15) is 0 Å². The third kappa shape index (κ3) is 1.75. The molecule has 1 aliphatic rings. The Labute approximate surface area is 91.2 Å². The minimum atomic E-state index is -0.848. The summed E-state index contributed by atoms with van der Waals surface area (Å²) in [6, 6.07) is 0. The minimum Gasteiger partial charge on any atom is -0.481 e. The summed E-state index contributed by atoms with van der Waals surface area (Å²) < 4.78 is 0. The molecule has 86 valence electrons. The maximum Gasteiger partial charge on any atom is 0.311 e. The van der Waals surface area contributed by atoms with Crippen LogP contribution in [0.5, 0.6) is 0 Å². The molecule has 0 aromatic carbocycles. The topological polar surface area (TPSA) is 108 Å². The summed E-state index contributed by atoms with van der Waals surface area (Å²) in [4.78, 5) is 22.5. The van der Waals surface area contributed by atoms with Crippen LogP contribution in [0.3, 0.4) is 0 Å². The van der Waals surface area contributed by atoms with Crippen LogP contribution in [0.25, 0.3) is 0 Å². The van der Waals surface area contributed by atoms with E-state index in [-0.39, 0.29) is 12.2 Å². The number of hydrogen-bond donors (Lipinski definition) is 3. The Morgan fingerprint density at radius 2 is 2.31 bits per heavy atom. The Hall–Kier alpha value is -1.92. The SMILES string of the molecule is O=C(NCC1(C(=O)O)CCC1)c1cn[nH]n1. The van der Waals surface area contributed by atoms with Crippen molar-refractivity contribution in [2.24, 2.45) is 5.41 Å². The quantitative estimate of drug-likeness (QED) is 0.655. The molecule has 1 aromatic heterocycles. The van der Waals surface area contributed by atoms with E-state index in [0.29, 0.717) is 12.8 Å². The maximum absolute atomic E-state index is 11.5. The predicted molar refractivity (Wildman–Crippen MR) is 52.6 cm³/mol. The second kappa shape index (κ2) is 3.92. The molecule has 1 amide bonds. The van der Waals surface area contributed by atoms with Gasteiger partial charge in [-0.25, -0.2) is 0 Å². The van der Waals surface area contributed by atoms with Gasteiger partial charge in [-0.2, -0.15) is 15.4 Å².